The normalized spacial score (nSPS) is 12.7. The van der Waals surface area contributed by atoms with Gasteiger partial charge in [0, 0.05) is 28.4 Å². The van der Waals surface area contributed by atoms with Gasteiger partial charge in [-0.2, -0.15) is 13.2 Å². The number of carbonyl (C=O) groups excluding carboxylic acids is 2. The van der Waals surface area contributed by atoms with Crippen molar-refractivity contribution in [2.45, 2.75) is 12.6 Å². The average molecular weight is 426 g/mol. The Morgan fingerprint density at radius 3 is 2.23 bits per heavy atom. The van der Waals surface area contributed by atoms with Gasteiger partial charge in [-0.25, -0.2) is 4.79 Å². The van der Waals surface area contributed by atoms with Gasteiger partial charge in [-0.15, -0.1) is 0 Å². The number of benzene rings is 3. The molecule has 0 radical (unpaired) electrons. The monoisotopic (exact) mass is 426 g/mol. The molecule has 3 aromatic rings. The fourth-order valence-corrected chi connectivity index (χ4v) is 3.20. The number of amides is 3. The quantitative estimate of drug-likeness (QED) is 0.439. The second-order valence-corrected chi connectivity index (χ2v) is 6.96. The summed E-state index contributed by atoms with van der Waals surface area (Å²) < 4.78 is 38.4. The fourth-order valence-electron chi connectivity index (χ4n) is 3.20. The Morgan fingerprint density at radius 2 is 1.48 bits per heavy atom. The third-order valence-corrected chi connectivity index (χ3v) is 4.59. The maximum Gasteiger partial charge on any atom is 0.416 e. The number of hydrogen-bond donors (Lipinski definition) is 4. The number of urea groups is 1. The molecule has 0 atom stereocenters. The molecule has 3 amide bonds. The third-order valence-electron chi connectivity index (χ3n) is 4.59. The lowest BCUT2D eigenvalue weighted by molar-refractivity contribution is -0.137. The Balaban J connectivity index is 1.41. The Hall–Kier alpha value is -4.01. The molecule has 0 aliphatic carbocycles. The number of rotatable bonds is 4. The van der Waals surface area contributed by atoms with Crippen molar-refractivity contribution in [3.05, 3.63) is 77.9 Å². The molecule has 4 N–H and O–H groups in total. The third kappa shape index (κ3) is 4.95. The molecule has 0 fully saturated rings. The van der Waals surface area contributed by atoms with Gasteiger partial charge >= 0.3 is 12.2 Å². The van der Waals surface area contributed by atoms with Gasteiger partial charge in [0.25, 0.3) is 0 Å². The Kier molecular flexibility index (Phi) is 5.24. The van der Waals surface area contributed by atoms with Crippen molar-refractivity contribution in [1.29, 1.82) is 0 Å². The first-order valence-electron chi connectivity index (χ1n) is 9.31. The molecule has 0 spiro atoms. The van der Waals surface area contributed by atoms with Crippen molar-refractivity contribution in [1.82, 2.24) is 0 Å². The first-order chi connectivity index (χ1) is 14.8. The Morgan fingerprint density at radius 1 is 0.839 bits per heavy atom. The number of nitrogens with one attached hydrogen (secondary N) is 4. The van der Waals surface area contributed by atoms with Crippen LogP contribution in [0.5, 0.6) is 0 Å². The van der Waals surface area contributed by atoms with E-state index in [1.165, 1.54) is 12.1 Å². The van der Waals surface area contributed by atoms with Crippen LogP contribution in [-0.2, 0) is 17.4 Å². The maximum absolute atomic E-state index is 12.8. The van der Waals surface area contributed by atoms with E-state index in [1.807, 2.05) is 18.2 Å². The smallest absolute Gasteiger partial charge is 0.355 e. The molecule has 9 heteroatoms. The highest BCUT2D eigenvalue weighted by Gasteiger charge is 2.30. The van der Waals surface area contributed by atoms with Crippen molar-refractivity contribution < 1.29 is 22.8 Å². The lowest BCUT2D eigenvalue weighted by Gasteiger charge is -2.12. The molecule has 1 aliphatic heterocycles. The average Bonchev–Trinajstić information content (AvgIpc) is 3.07. The molecule has 0 saturated carbocycles. The summed E-state index contributed by atoms with van der Waals surface area (Å²) in [4.78, 5) is 23.7. The van der Waals surface area contributed by atoms with E-state index in [1.54, 1.807) is 24.3 Å². The summed E-state index contributed by atoms with van der Waals surface area (Å²) in [6.45, 7) is 0. The lowest BCUT2D eigenvalue weighted by atomic mass is 10.1. The van der Waals surface area contributed by atoms with Crippen LogP contribution in [0.2, 0.25) is 0 Å². The molecule has 0 bridgehead atoms. The van der Waals surface area contributed by atoms with E-state index in [0.717, 1.165) is 29.1 Å². The SMILES string of the molecule is O=C1Cc2ccc(Nc3cccc(NC(=O)Nc4cccc(C(F)(F)F)c4)c3)cc2N1. The molecule has 0 aromatic heterocycles. The van der Waals surface area contributed by atoms with Crippen LogP contribution in [0.1, 0.15) is 11.1 Å². The zero-order valence-electron chi connectivity index (χ0n) is 16.0. The van der Waals surface area contributed by atoms with Gasteiger partial charge in [-0.05, 0) is 54.1 Å². The predicted octanol–water partition coefficient (Wildman–Crippen LogP) is 5.59. The van der Waals surface area contributed by atoms with Gasteiger partial charge in [0.05, 0.1) is 12.0 Å². The van der Waals surface area contributed by atoms with Gasteiger partial charge in [0.2, 0.25) is 5.91 Å². The minimum absolute atomic E-state index is 0.0294. The Labute approximate surface area is 175 Å². The first-order valence-corrected chi connectivity index (χ1v) is 9.31. The van der Waals surface area contributed by atoms with Crippen LogP contribution in [0.3, 0.4) is 0 Å². The molecule has 6 nitrogen and oxygen atoms in total. The molecule has 3 aromatic carbocycles. The molecule has 158 valence electrons. The van der Waals surface area contributed by atoms with Crippen LogP contribution in [-0.4, -0.2) is 11.9 Å². The summed E-state index contributed by atoms with van der Waals surface area (Å²) >= 11 is 0. The van der Waals surface area contributed by atoms with Gasteiger partial charge in [0.1, 0.15) is 0 Å². The summed E-state index contributed by atoms with van der Waals surface area (Å²) in [6, 6.07) is 16.1. The van der Waals surface area contributed by atoms with E-state index < -0.39 is 17.8 Å². The highest BCUT2D eigenvalue weighted by Crippen LogP contribution is 2.31. The number of anilines is 5. The van der Waals surface area contributed by atoms with Crippen molar-refractivity contribution in [2.75, 3.05) is 21.3 Å². The van der Waals surface area contributed by atoms with Crippen LogP contribution in [0, 0.1) is 0 Å². The number of carbonyl (C=O) groups is 2. The van der Waals surface area contributed by atoms with Gasteiger partial charge in [-0.1, -0.05) is 18.2 Å². The maximum atomic E-state index is 12.8. The van der Waals surface area contributed by atoms with E-state index in [9.17, 15) is 22.8 Å². The molecule has 4 rings (SSSR count). The van der Waals surface area contributed by atoms with Crippen LogP contribution >= 0.6 is 0 Å². The second-order valence-electron chi connectivity index (χ2n) is 6.96. The standard InChI is InChI=1S/C22H17F3N4O2/c23-22(24,25)14-3-1-4-15(10-14)27-21(31)28-17-6-2-5-16(11-17)26-18-8-7-13-9-20(30)29-19(13)12-18/h1-8,10-12,26H,9H2,(H,29,30)(H2,27,28,31). The number of hydrogen-bond acceptors (Lipinski definition) is 3. The summed E-state index contributed by atoms with van der Waals surface area (Å²) in [5, 5.41) is 11.0. The molecule has 31 heavy (non-hydrogen) atoms. The largest absolute Gasteiger partial charge is 0.416 e. The highest BCUT2D eigenvalue weighted by atomic mass is 19.4. The molecular formula is C22H17F3N4O2. The van der Waals surface area contributed by atoms with Gasteiger partial charge < -0.3 is 21.3 Å². The van der Waals surface area contributed by atoms with Gasteiger partial charge in [0.15, 0.2) is 0 Å². The second kappa shape index (κ2) is 8.02. The molecule has 0 unspecified atom stereocenters. The minimum Gasteiger partial charge on any atom is -0.355 e. The van der Waals surface area contributed by atoms with Crippen molar-refractivity contribution in [3.63, 3.8) is 0 Å². The zero-order chi connectivity index (χ0) is 22.0. The van der Waals surface area contributed by atoms with Crippen LogP contribution in [0.25, 0.3) is 0 Å². The Bertz CT molecular complexity index is 1160. The van der Waals surface area contributed by atoms with E-state index in [-0.39, 0.29) is 11.6 Å². The molecule has 1 heterocycles. The molecule has 1 aliphatic rings. The summed E-state index contributed by atoms with van der Waals surface area (Å²) in [5.41, 5.74) is 2.75. The van der Waals surface area contributed by atoms with Crippen LogP contribution < -0.4 is 21.3 Å². The summed E-state index contributed by atoms with van der Waals surface area (Å²) in [5.74, 6) is -0.0508. The van der Waals surface area contributed by atoms with Crippen LogP contribution in [0.4, 0.5) is 46.4 Å². The number of fused-ring (bicyclic) bond motifs is 1. The lowest BCUT2D eigenvalue weighted by Crippen LogP contribution is -2.19. The zero-order valence-corrected chi connectivity index (χ0v) is 16.0. The predicted molar refractivity (Wildman–Crippen MR) is 113 cm³/mol. The van der Waals surface area contributed by atoms with E-state index in [0.29, 0.717) is 17.8 Å². The van der Waals surface area contributed by atoms with Crippen molar-refractivity contribution in [3.8, 4) is 0 Å². The molecule has 0 saturated heterocycles. The highest BCUT2D eigenvalue weighted by molar-refractivity contribution is 6.01. The number of halogens is 3. The van der Waals surface area contributed by atoms with Crippen molar-refractivity contribution in [2.24, 2.45) is 0 Å². The van der Waals surface area contributed by atoms with Crippen LogP contribution in [0.15, 0.2) is 66.7 Å². The topological polar surface area (TPSA) is 82.3 Å². The van der Waals surface area contributed by atoms with E-state index in [4.69, 9.17) is 0 Å². The molecular weight excluding hydrogens is 409 g/mol. The fraction of sp³-hybridized carbons (Fsp3) is 0.0909. The summed E-state index contributed by atoms with van der Waals surface area (Å²) in [7, 11) is 0. The van der Waals surface area contributed by atoms with Gasteiger partial charge in [-0.3, -0.25) is 4.79 Å². The first kappa shape index (κ1) is 20.3. The minimum atomic E-state index is -4.49. The number of alkyl halides is 3. The van der Waals surface area contributed by atoms with Crippen molar-refractivity contribution >= 4 is 40.4 Å². The van der Waals surface area contributed by atoms with E-state index in [2.05, 4.69) is 21.3 Å². The van der Waals surface area contributed by atoms with E-state index >= 15 is 0 Å². The summed E-state index contributed by atoms with van der Waals surface area (Å²) in [6.07, 6.45) is -4.13.